The molecule has 1 N–H and O–H groups in total. The van der Waals surface area contributed by atoms with Gasteiger partial charge in [0.05, 0.1) is 23.2 Å². The summed E-state index contributed by atoms with van der Waals surface area (Å²) in [5, 5.41) is 13.7. The minimum absolute atomic E-state index is 0.000806. The van der Waals surface area contributed by atoms with Gasteiger partial charge in [0, 0.05) is 16.8 Å². The predicted molar refractivity (Wildman–Crippen MR) is 118 cm³/mol. The number of amides is 1. The van der Waals surface area contributed by atoms with Crippen molar-refractivity contribution >= 4 is 40.7 Å². The van der Waals surface area contributed by atoms with E-state index in [-0.39, 0.29) is 18.9 Å². The van der Waals surface area contributed by atoms with Gasteiger partial charge in [0.1, 0.15) is 17.0 Å². The molecule has 0 bridgehead atoms. The lowest BCUT2D eigenvalue weighted by molar-refractivity contribution is -0.116. The summed E-state index contributed by atoms with van der Waals surface area (Å²) in [6.45, 7) is 1.90. The Labute approximate surface area is 182 Å². The number of carbonyl (C=O) groups excluding carboxylic acids is 2. The first-order valence-corrected chi connectivity index (χ1v) is 11.0. The van der Waals surface area contributed by atoms with Crippen molar-refractivity contribution in [1.82, 2.24) is 4.98 Å². The highest BCUT2D eigenvalue weighted by Crippen LogP contribution is 2.27. The van der Waals surface area contributed by atoms with E-state index in [0.29, 0.717) is 22.6 Å². The summed E-state index contributed by atoms with van der Waals surface area (Å²) >= 11 is 3.14. The van der Waals surface area contributed by atoms with Crippen molar-refractivity contribution in [1.29, 1.82) is 5.26 Å². The third-order valence-corrected chi connectivity index (χ3v) is 6.26. The Bertz CT molecular complexity index is 1090. The second-order valence-electron chi connectivity index (χ2n) is 6.29. The number of esters is 1. The third kappa shape index (κ3) is 5.92. The maximum atomic E-state index is 12.5. The zero-order valence-electron chi connectivity index (χ0n) is 16.3. The molecule has 0 radical (unpaired) electrons. The van der Waals surface area contributed by atoms with Gasteiger partial charge in [-0.3, -0.25) is 4.79 Å². The monoisotopic (exact) mass is 437 g/mol. The lowest BCUT2D eigenvalue weighted by atomic mass is 10.1. The van der Waals surface area contributed by atoms with Crippen molar-refractivity contribution in [2.24, 2.45) is 0 Å². The summed E-state index contributed by atoms with van der Waals surface area (Å²) in [6.07, 6.45) is 0.000806. The molecule has 152 valence electrons. The highest BCUT2D eigenvalue weighted by atomic mass is 32.2. The summed E-state index contributed by atoms with van der Waals surface area (Å²) in [7, 11) is 0. The molecule has 1 heterocycles. The molecule has 0 spiro atoms. The summed E-state index contributed by atoms with van der Waals surface area (Å²) in [6, 6.07) is 16.0. The Morgan fingerprint density at radius 2 is 1.97 bits per heavy atom. The summed E-state index contributed by atoms with van der Waals surface area (Å²) < 4.78 is 6.25. The molecule has 1 aromatic heterocycles. The Morgan fingerprint density at radius 1 is 1.20 bits per heavy atom. The second-order valence-corrected chi connectivity index (χ2v) is 8.37. The molecule has 0 fully saturated rings. The number of benzene rings is 2. The van der Waals surface area contributed by atoms with Crippen molar-refractivity contribution in [2.75, 3.05) is 11.9 Å². The quantitative estimate of drug-likeness (QED) is 0.402. The number of carbonyl (C=O) groups is 2. The van der Waals surface area contributed by atoms with Crippen LogP contribution in [-0.4, -0.2) is 23.5 Å². The number of nitrogens with zero attached hydrogens (tertiary/aromatic N) is 2. The lowest BCUT2D eigenvalue weighted by Gasteiger charge is -2.10. The maximum absolute atomic E-state index is 12.5. The van der Waals surface area contributed by atoms with Crippen LogP contribution in [0.2, 0.25) is 0 Å². The van der Waals surface area contributed by atoms with Crippen LogP contribution in [0.5, 0.6) is 0 Å². The Hall–Kier alpha value is -3.15. The van der Waals surface area contributed by atoms with Crippen LogP contribution in [-0.2, 0) is 15.3 Å². The molecule has 30 heavy (non-hydrogen) atoms. The van der Waals surface area contributed by atoms with E-state index < -0.39 is 5.97 Å². The van der Waals surface area contributed by atoms with Crippen LogP contribution in [0.4, 0.5) is 5.69 Å². The van der Waals surface area contributed by atoms with Crippen LogP contribution in [0.3, 0.4) is 0 Å². The van der Waals surface area contributed by atoms with Crippen molar-refractivity contribution < 1.29 is 14.3 Å². The number of nitriles is 1. The van der Waals surface area contributed by atoms with Crippen LogP contribution < -0.4 is 5.32 Å². The van der Waals surface area contributed by atoms with Crippen molar-refractivity contribution in [2.45, 2.75) is 23.4 Å². The highest BCUT2D eigenvalue weighted by Gasteiger charge is 2.14. The number of thiazole rings is 1. The number of aryl methyl sites for hydroxylation is 1. The Kier molecular flexibility index (Phi) is 7.60. The standard InChI is InChI=1S/C22H19N3O3S2/c1-15-13-29-22(24-15)30-14-17-7-2-4-8-18(17)21(27)28-11-10-20(26)25-19-9-5-3-6-16(19)12-23/h2-9,13H,10-11,14H2,1H3,(H,25,26). The topological polar surface area (TPSA) is 92.1 Å². The van der Waals surface area contributed by atoms with Gasteiger partial charge in [-0.2, -0.15) is 5.26 Å². The lowest BCUT2D eigenvalue weighted by Crippen LogP contribution is -2.17. The van der Waals surface area contributed by atoms with Gasteiger partial charge in [-0.25, -0.2) is 9.78 Å². The van der Waals surface area contributed by atoms with Crippen LogP contribution in [0.25, 0.3) is 0 Å². The third-order valence-electron chi connectivity index (χ3n) is 4.07. The van der Waals surface area contributed by atoms with Gasteiger partial charge in [0.25, 0.3) is 0 Å². The summed E-state index contributed by atoms with van der Waals surface area (Å²) in [5.74, 6) is -0.191. The molecule has 1 amide bonds. The number of aromatic nitrogens is 1. The molecule has 0 aliphatic carbocycles. The van der Waals surface area contributed by atoms with Gasteiger partial charge < -0.3 is 10.1 Å². The average molecular weight is 438 g/mol. The van der Waals surface area contributed by atoms with Gasteiger partial charge in [-0.05, 0) is 30.7 Å². The minimum Gasteiger partial charge on any atom is -0.462 e. The van der Waals surface area contributed by atoms with Gasteiger partial charge in [-0.1, -0.05) is 42.1 Å². The van der Waals surface area contributed by atoms with E-state index in [9.17, 15) is 9.59 Å². The molecule has 2 aromatic carbocycles. The predicted octanol–water partition coefficient (Wildman–Crippen LogP) is 4.80. The van der Waals surface area contributed by atoms with Gasteiger partial charge in [0.2, 0.25) is 5.91 Å². The van der Waals surface area contributed by atoms with Crippen LogP contribution in [0.15, 0.2) is 58.3 Å². The molecule has 0 aliphatic heterocycles. The van der Waals surface area contributed by atoms with Gasteiger partial charge >= 0.3 is 5.97 Å². The molecule has 0 saturated carbocycles. The minimum atomic E-state index is -0.466. The normalized spacial score (nSPS) is 10.3. The number of thioether (sulfide) groups is 1. The summed E-state index contributed by atoms with van der Waals surface area (Å²) in [5.41, 5.74) is 3.13. The van der Waals surface area contributed by atoms with E-state index in [1.54, 1.807) is 59.5 Å². The number of hydrogen-bond acceptors (Lipinski definition) is 7. The molecular weight excluding hydrogens is 418 g/mol. The van der Waals surface area contributed by atoms with E-state index in [1.807, 2.05) is 30.5 Å². The van der Waals surface area contributed by atoms with Crippen LogP contribution in [0.1, 0.15) is 33.6 Å². The van der Waals surface area contributed by atoms with Crippen LogP contribution in [0, 0.1) is 18.3 Å². The van der Waals surface area contributed by atoms with E-state index >= 15 is 0 Å². The smallest absolute Gasteiger partial charge is 0.338 e. The fraction of sp³-hybridized carbons (Fsp3) is 0.182. The van der Waals surface area contributed by atoms with Crippen molar-refractivity contribution in [3.8, 4) is 6.07 Å². The number of hydrogen-bond donors (Lipinski definition) is 1. The zero-order chi connectivity index (χ0) is 21.3. The molecule has 0 unspecified atom stereocenters. The maximum Gasteiger partial charge on any atom is 0.338 e. The zero-order valence-corrected chi connectivity index (χ0v) is 17.9. The fourth-order valence-corrected chi connectivity index (χ4v) is 4.45. The largest absolute Gasteiger partial charge is 0.462 e. The number of rotatable bonds is 8. The molecule has 0 aliphatic rings. The van der Waals surface area contributed by atoms with Gasteiger partial charge in [-0.15, -0.1) is 11.3 Å². The summed E-state index contributed by atoms with van der Waals surface area (Å²) in [4.78, 5) is 29.0. The highest BCUT2D eigenvalue weighted by molar-refractivity contribution is 8.00. The Balaban J connectivity index is 1.52. The molecule has 8 heteroatoms. The van der Waals surface area contributed by atoms with Crippen molar-refractivity contribution in [3.05, 3.63) is 76.3 Å². The van der Waals surface area contributed by atoms with Crippen molar-refractivity contribution in [3.63, 3.8) is 0 Å². The van der Waals surface area contributed by atoms with Crippen LogP contribution >= 0.6 is 23.1 Å². The Morgan fingerprint density at radius 3 is 2.73 bits per heavy atom. The SMILES string of the molecule is Cc1csc(SCc2ccccc2C(=O)OCCC(=O)Nc2ccccc2C#N)n1. The number of para-hydroxylation sites is 1. The number of nitrogens with one attached hydrogen (secondary N) is 1. The van der Waals surface area contributed by atoms with Gasteiger partial charge in [0.15, 0.2) is 0 Å². The van der Waals surface area contributed by atoms with E-state index in [2.05, 4.69) is 10.3 Å². The first-order valence-electron chi connectivity index (χ1n) is 9.15. The molecule has 0 atom stereocenters. The molecule has 3 rings (SSSR count). The first-order chi connectivity index (χ1) is 14.6. The van der Waals surface area contributed by atoms with E-state index in [1.165, 1.54) is 0 Å². The van der Waals surface area contributed by atoms with E-state index in [0.717, 1.165) is 15.6 Å². The van der Waals surface area contributed by atoms with E-state index in [4.69, 9.17) is 10.00 Å². The molecule has 3 aromatic rings. The fourth-order valence-electron chi connectivity index (χ4n) is 2.60. The number of ether oxygens (including phenoxy) is 1. The molecular formula is C22H19N3O3S2. The average Bonchev–Trinajstić information content (AvgIpc) is 3.18. The molecule has 6 nitrogen and oxygen atoms in total. The number of anilines is 1. The first kappa shape index (κ1) is 21.6. The second kappa shape index (κ2) is 10.6. The molecule has 0 saturated heterocycles.